The highest BCUT2D eigenvalue weighted by Crippen LogP contribution is 2.35. The average molecular weight is 436 g/mol. The second kappa shape index (κ2) is 10.0. The van der Waals surface area contributed by atoms with Crippen LogP contribution in [0.3, 0.4) is 0 Å². The van der Waals surface area contributed by atoms with Crippen LogP contribution in [0.1, 0.15) is 41.0 Å². The first-order chi connectivity index (χ1) is 15.1. The Morgan fingerprint density at radius 2 is 1.72 bits per heavy atom. The number of hydrogen-bond donors (Lipinski definition) is 1. The van der Waals surface area contributed by atoms with Crippen LogP contribution < -0.4 is 10.1 Å². The molecule has 170 valence electrons. The summed E-state index contributed by atoms with van der Waals surface area (Å²) in [4.78, 5) is 14.3. The van der Waals surface area contributed by atoms with Crippen LogP contribution in [-0.2, 0) is 4.79 Å². The largest absolute Gasteiger partial charge is 0.457 e. The van der Waals surface area contributed by atoms with Gasteiger partial charge in [-0.2, -0.15) is 0 Å². The highest BCUT2D eigenvalue weighted by Gasteiger charge is 2.15. The molecule has 0 atom stereocenters. The van der Waals surface area contributed by atoms with Gasteiger partial charge >= 0.3 is 0 Å². The number of benzene rings is 2. The maximum absolute atomic E-state index is 12.3. The van der Waals surface area contributed by atoms with Crippen molar-refractivity contribution < 1.29 is 14.1 Å². The van der Waals surface area contributed by atoms with E-state index in [9.17, 15) is 4.79 Å². The Labute approximate surface area is 190 Å². The number of amides is 1. The van der Waals surface area contributed by atoms with E-state index in [-0.39, 0.29) is 5.91 Å². The maximum atomic E-state index is 12.3. The SMILES string of the molecule is Cc1cc(Oc2c(C)cc(NC(=O)CCCN(C)C)cc2C)cc(-c2c(C)noc2C)c1. The van der Waals surface area contributed by atoms with E-state index >= 15 is 0 Å². The zero-order chi connectivity index (χ0) is 23.4. The molecule has 0 saturated carbocycles. The third-order valence-electron chi connectivity index (χ3n) is 5.35. The smallest absolute Gasteiger partial charge is 0.224 e. The summed E-state index contributed by atoms with van der Waals surface area (Å²) in [6.07, 6.45) is 1.33. The van der Waals surface area contributed by atoms with Crippen molar-refractivity contribution in [1.29, 1.82) is 0 Å². The van der Waals surface area contributed by atoms with E-state index in [0.717, 1.165) is 69.4 Å². The van der Waals surface area contributed by atoms with Crippen LogP contribution in [0.4, 0.5) is 5.69 Å². The second-order valence-corrected chi connectivity index (χ2v) is 8.73. The van der Waals surface area contributed by atoms with Gasteiger partial charge in [0.25, 0.3) is 0 Å². The quantitative estimate of drug-likeness (QED) is 0.473. The highest BCUT2D eigenvalue weighted by atomic mass is 16.5. The van der Waals surface area contributed by atoms with E-state index in [0.29, 0.717) is 6.42 Å². The molecule has 0 saturated heterocycles. The fraction of sp³-hybridized carbons (Fsp3) is 0.385. The van der Waals surface area contributed by atoms with Crippen LogP contribution in [0.25, 0.3) is 11.1 Å². The van der Waals surface area contributed by atoms with Crippen LogP contribution >= 0.6 is 0 Å². The van der Waals surface area contributed by atoms with Crippen molar-refractivity contribution in [3.05, 3.63) is 58.5 Å². The summed E-state index contributed by atoms with van der Waals surface area (Å²) in [6, 6.07) is 10.0. The Morgan fingerprint density at radius 3 is 2.31 bits per heavy atom. The van der Waals surface area contributed by atoms with Crippen LogP contribution in [0.2, 0.25) is 0 Å². The molecule has 3 aromatic rings. The number of aromatic nitrogens is 1. The zero-order valence-electron chi connectivity index (χ0n) is 20.1. The average Bonchev–Trinajstić information content (AvgIpc) is 3.02. The molecule has 0 aliphatic carbocycles. The van der Waals surface area contributed by atoms with Gasteiger partial charge in [0.2, 0.25) is 5.91 Å². The van der Waals surface area contributed by atoms with Gasteiger partial charge in [-0.1, -0.05) is 11.2 Å². The first-order valence-corrected chi connectivity index (χ1v) is 10.9. The summed E-state index contributed by atoms with van der Waals surface area (Å²) in [6.45, 7) is 10.8. The molecule has 6 nitrogen and oxygen atoms in total. The molecule has 0 bridgehead atoms. The molecule has 0 aliphatic rings. The van der Waals surface area contributed by atoms with Gasteiger partial charge in [-0.25, -0.2) is 0 Å². The standard InChI is InChI=1S/C26H33N3O3/c1-16-11-21(25-19(4)28-32-20(25)5)15-23(12-16)31-26-17(2)13-22(14-18(26)3)27-24(30)9-8-10-29(6)7/h11-15H,8-10H2,1-7H3,(H,27,30). The van der Waals surface area contributed by atoms with Crippen molar-refractivity contribution in [3.63, 3.8) is 0 Å². The minimum atomic E-state index is 0.0297. The highest BCUT2D eigenvalue weighted by molar-refractivity contribution is 5.91. The molecule has 6 heteroatoms. The number of ether oxygens (including phenoxy) is 1. The van der Waals surface area contributed by atoms with Crippen LogP contribution in [0, 0.1) is 34.6 Å². The van der Waals surface area contributed by atoms with Gasteiger partial charge in [-0.3, -0.25) is 4.79 Å². The third-order valence-corrected chi connectivity index (χ3v) is 5.35. The predicted molar refractivity (Wildman–Crippen MR) is 129 cm³/mol. The molecule has 32 heavy (non-hydrogen) atoms. The van der Waals surface area contributed by atoms with E-state index < -0.39 is 0 Å². The normalized spacial score (nSPS) is 11.1. The lowest BCUT2D eigenvalue weighted by Crippen LogP contribution is -2.17. The van der Waals surface area contributed by atoms with Gasteiger partial charge in [-0.05, 0) is 108 Å². The van der Waals surface area contributed by atoms with Crippen LogP contribution in [-0.4, -0.2) is 36.6 Å². The monoisotopic (exact) mass is 435 g/mol. The summed E-state index contributed by atoms with van der Waals surface area (Å²) in [7, 11) is 4.02. The minimum Gasteiger partial charge on any atom is -0.457 e. The molecule has 1 amide bonds. The summed E-state index contributed by atoms with van der Waals surface area (Å²) in [5, 5.41) is 7.08. The molecule has 0 fully saturated rings. The lowest BCUT2D eigenvalue weighted by molar-refractivity contribution is -0.116. The van der Waals surface area contributed by atoms with Crippen molar-refractivity contribution in [2.24, 2.45) is 0 Å². The zero-order valence-corrected chi connectivity index (χ0v) is 20.1. The first kappa shape index (κ1) is 23.5. The molecule has 0 radical (unpaired) electrons. The lowest BCUT2D eigenvalue weighted by atomic mass is 10.0. The van der Waals surface area contributed by atoms with E-state index in [4.69, 9.17) is 9.26 Å². The topological polar surface area (TPSA) is 67.6 Å². The summed E-state index contributed by atoms with van der Waals surface area (Å²) < 4.78 is 11.7. The molecular weight excluding hydrogens is 402 g/mol. The number of carbonyl (C=O) groups excluding carboxylic acids is 1. The summed E-state index contributed by atoms with van der Waals surface area (Å²) in [5.41, 5.74) is 6.70. The van der Waals surface area contributed by atoms with Gasteiger partial charge in [0.1, 0.15) is 17.3 Å². The Bertz CT molecular complexity index is 1070. The number of hydrogen-bond acceptors (Lipinski definition) is 5. The number of aryl methyl sites for hydroxylation is 5. The summed E-state index contributed by atoms with van der Waals surface area (Å²) in [5.74, 6) is 2.37. The number of carbonyl (C=O) groups is 1. The van der Waals surface area contributed by atoms with Crippen molar-refractivity contribution >= 4 is 11.6 Å². The third kappa shape index (κ3) is 5.77. The molecule has 2 aromatic carbocycles. The molecule has 0 aliphatic heterocycles. The number of rotatable bonds is 8. The Morgan fingerprint density at radius 1 is 1.03 bits per heavy atom. The van der Waals surface area contributed by atoms with E-state index in [2.05, 4.69) is 21.4 Å². The fourth-order valence-electron chi connectivity index (χ4n) is 3.93. The minimum absolute atomic E-state index is 0.0297. The number of anilines is 1. The van der Waals surface area contributed by atoms with Crippen LogP contribution in [0.15, 0.2) is 34.9 Å². The van der Waals surface area contributed by atoms with Crippen molar-refractivity contribution in [1.82, 2.24) is 10.1 Å². The number of nitrogens with zero attached hydrogens (tertiary/aromatic N) is 2. The van der Waals surface area contributed by atoms with Gasteiger partial charge in [0, 0.05) is 17.7 Å². The van der Waals surface area contributed by atoms with Gasteiger partial charge in [0.05, 0.1) is 5.69 Å². The number of nitrogens with one attached hydrogen (secondary N) is 1. The maximum Gasteiger partial charge on any atom is 0.224 e. The summed E-state index contributed by atoms with van der Waals surface area (Å²) >= 11 is 0. The Hall–Kier alpha value is -3.12. The van der Waals surface area contributed by atoms with Gasteiger partial charge in [0.15, 0.2) is 0 Å². The Kier molecular flexibility index (Phi) is 7.36. The molecule has 3 rings (SSSR count). The fourth-order valence-corrected chi connectivity index (χ4v) is 3.93. The van der Waals surface area contributed by atoms with E-state index in [1.54, 1.807) is 0 Å². The van der Waals surface area contributed by atoms with Crippen molar-refractivity contribution in [2.45, 2.75) is 47.5 Å². The lowest BCUT2D eigenvalue weighted by Gasteiger charge is -2.16. The second-order valence-electron chi connectivity index (χ2n) is 8.73. The first-order valence-electron chi connectivity index (χ1n) is 10.9. The molecule has 1 heterocycles. The molecule has 0 unspecified atom stereocenters. The van der Waals surface area contributed by atoms with Crippen LogP contribution in [0.5, 0.6) is 11.5 Å². The van der Waals surface area contributed by atoms with Crippen molar-refractivity contribution in [3.8, 4) is 22.6 Å². The van der Waals surface area contributed by atoms with E-state index in [1.807, 2.05) is 73.0 Å². The molecule has 1 aromatic heterocycles. The molecule has 1 N–H and O–H groups in total. The van der Waals surface area contributed by atoms with Crippen molar-refractivity contribution in [2.75, 3.05) is 26.0 Å². The Balaban J connectivity index is 1.79. The predicted octanol–water partition coefficient (Wildman–Crippen LogP) is 5.96. The molecular formula is C26H33N3O3. The molecule has 0 spiro atoms. The van der Waals surface area contributed by atoms with Gasteiger partial charge in [-0.15, -0.1) is 0 Å². The van der Waals surface area contributed by atoms with E-state index in [1.165, 1.54) is 0 Å². The van der Waals surface area contributed by atoms with Gasteiger partial charge < -0.3 is 19.5 Å².